The maximum Gasteiger partial charge on any atom is 0.287 e. The second-order valence-corrected chi connectivity index (χ2v) is 5.02. The minimum absolute atomic E-state index is 0.0550. The Balaban J connectivity index is 2.42. The van der Waals surface area contributed by atoms with Crippen LogP contribution in [0.25, 0.3) is 0 Å². The van der Waals surface area contributed by atoms with Crippen LogP contribution in [0.3, 0.4) is 0 Å². The van der Waals surface area contributed by atoms with Crippen LogP contribution in [-0.4, -0.2) is 42.0 Å². The van der Waals surface area contributed by atoms with Crippen LogP contribution in [0.15, 0.2) is 10.6 Å². The number of aromatic nitrogens is 1. The van der Waals surface area contributed by atoms with Crippen LogP contribution in [0, 0.1) is 5.92 Å². The van der Waals surface area contributed by atoms with Gasteiger partial charge in [0.1, 0.15) is 0 Å². The summed E-state index contributed by atoms with van der Waals surface area (Å²) >= 11 is 0. The van der Waals surface area contributed by atoms with E-state index in [0.29, 0.717) is 24.8 Å². The van der Waals surface area contributed by atoms with Gasteiger partial charge in [-0.15, -0.1) is 0 Å². The maximum absolute atomic E-state index is 11.6. The predicted molar refractivity (Wildman–Crippen MR) is 72.3 cm³/mol. The molecule has 0 aliphatic heterocycles. The summed E-state index contributed by atoms with van der Waals surface area (Å²) in [5.74, 6) is 5.32. The zero-order valence-electron chi connectivity index (χ0n) is 12.0. The van der Waals surface area contributed by atoms with Crippen molar-refractivity contribution in [2.24, 2.45) is 11.8 Å². The Labute approximate surface area is 117 Å². The van der Waals surface area contributed by atoms with E-state index in [-0.39, 0.29) is 18.1 Å². The lowest BCUT2D eigenvalue weighted by Gasteiger charge is -2.15. The topological polar surface area (TPSA) is 113 Å². The fourth-order valence-electron chi connectivity index (χ4n) is 1.51. The molecule has 1 heterocycles. The van der Waals surface area contributed by atoms with Crippen LogP contribution in [0.5, 0.6) is 0 Å². The Bertz CT molecular complexity index is 458. The average Bonchev–Trinajstić information content (AvgIpc) is 2.83. The van der Waals surface area contributed by atoms with Crippen LogP contribution >= 0.6 is 0 Å². The van der Waals surface area contributed by atoms with Gasteiger partial charge in [-0.25, -0.2) is 5.84 Å². The Kier molecular flexibility index (Phi) is 6.13. The molecule has 112 valence electrons. The lowest BCUT2D eigenvalue weighted by molar-refractivity contribution is -0.122. The quantitative estimate of drug-likeness (QED) is 0.352. The van der Waals surface area contributed by atoms with Crippen molar-refractivity contribution >= 4 is 11.8 Å². The molecule has 0 aromatic carbocycles. The van der Waals surface area contributed by atoms with Crippen LogP contribution in [0.1, 0.15) is 30.1 Å². The van der Waals surface area contributed by atoms with Gasteiger partial charge in [-0.05, 0) is 13.0 Å². The van der Waals surface area contributed by atoms with Gasteiger partial charge in [0, 0.05) is 12.6 Å². The fourth-order valence-corrected chi connectivity index (χ4v) is 1.51. The summed E-state index contributed by atoms with van der Waals surface area (Å²) < 4.78 is 5.00. The number of carbonyl (C=O) groups is 2. The van der Waals surface area contributed by atoms with Gasteiger partial charge in [0.2, 0.25) is 5.91 Å². The molecule has 0 radical (unpaired) electrons. The molecule has 2 amide bonds. The Hall–Kier alpha value is -1.93. The number of amides is 2. The first kappa shape index (κ1) is 16.1. The van der Waals surface area contributed by atoms with E-state index in [1.165, 1.54) is 6.07 Å². The van der Waals surface area contributed by atoms with Gasteiger partial charge in [-0.2, -0.15) is 0 Å². The van der Waals surface area contributed by atoms with Crippen molar-refractivity contribution in [1.29, 1.82) is 0 Å². The van der Waals surface area contributed by atoms with Gasteiger partial charge in [0.15, 0.2) is 11.5 Å². The Morgan fingerprint density at radius 3 is 2.80 bits per heavy atom. The molecule has 0 atom stereocenters. The van der Waals surface area contributed by atoms with Crippen molar-refractivity contribution in [2.45, 2.75) is 20.4 Å². The molecule has 0 aliphatic carbocycles. The molecule has 0 bridgehead atoms. The molecule has 8 nitrogen and oxygen atoms in total. The van der Waals surface area contributed by atoms with Crippen LogP contribution in [0.2, 0.25) is 0 Å². The molecule has 0 fully saturated rings. The molecular weight excluding hydrogens is 262 g/mol. The SMILES string of the molecule is CC(C)CNC(=O)CN(C)Cc1cc(C(=O)NN)no1. The number of nitrogen functional groups attached to an aromatic ring is 1. The Morgan fingerprint density at radius 2 is 2.20 bits per heavy atom. The third-order valence-corrected chi connectivity index (χ3v) is 2.47. The summed E-state index contributed by atoms with van der Waals surface area (Å²) in [5.41, 5.74) is 2.08. The second kappa shape index (κ2) is 7.61. The zero-order valence-corrected chi connectivity index (χ0v) is 12.0. The molecule has 4 N–H and O–H groups in total. The van der Waals surface area contributed by atoms with Gasteiger partial charge in [-0.3, -0.25) is 19.9 Å². The second-order valence-electron chi connectivity index (χ2n) is 5.02. The summed E-state index contributed by atoms with van der Waals surface area (Å²) in [6.45, 7) is 5.33. The van der Waals surface area contributed by atoms with E-state index in [0.717, 1.165) is 0 Å². The van der Waals surface area contributed by atoms with E-state index in [4.69, 9.17) is 10.4 Å². The first-order chi connectivity index (χ1) is 9.42. The summed E-state index contributed by atoms with van der Waals surface area (Å²) in [7, 11) is 1.78. The standard InChI is InChI=1S/C12H21N5O3/c1-8(2)5-14-11(18)7-17(3)6-9-4-10(16-20-9)12(19)15-13/h4,8H,5-7,13H2,1-3H3,(H,14,18)(H,15,19). The predicted octanol–water partition coefficient (Wildman–Crippen LogP) is -0.518. The zero-order chi connectivity index (χ0) is 15.1. The molecule has 8 heteroatoms. The largest absolute Gasteiger partial charge is 0.359 e. The molecule has 1 aromatic heterocycles. The number of hydrogen-bond acceptors (Lipinski definition) is 6. The van der Waals surface area contributed by atoms with Crippen LogP contribution < -0.4 is 16.6 Å². The van der Waals surface area contributed by atoms with Crippen LogP contribution in [0.4, 0.5) is 0 Å². The number of hydrogen-bond donors (Lipinski definition) is 3. The van der Waals surface area contributed by atoms with Gasteiger partial charge in [0.25, 0.3) is 5.91 Å². The molecular formula is C12H21N5O3. The van der Waals surface area contributed by atoms with E-state index in [1.807, 2.05) is 19.3 Å². The van der Waals surface area contributed by atoms with Gasteiger partial charge in [0.05, 0.1) is 13.1 Å². The summed E-state index contributed by atoms with van der Waals surface area (Å²) in [6, 6.07) is 1.49. The van der Waals surface area contributed by atoms with Gasteiger partial charge in [-0.1, -0.05) is 19.0 Å². The number of nitrogens with zero attached hydrogens (tertiary/aromatic N) is 2. The third-order valence-electron chi connectivity index (χ3n) is 2.47. The van der Waals surface area contributed by atoms with Gasteiger partial charge < -0.3 is 9.84 Å². The lowest BCUT2D eigenvalue weighted by Crippen LogP contribution is -2.36. The Morgan fingerprint density at radius 1 is 1.50 bits per heavy atom. The number of nitrogens with two attached hydrogens (primary N) is 1. The molecule has 0 saturated heterocycles. The smallest absolute Gasteiger partial charge is 0.287 e. The molecule has 1 rings (SSSR count). The van der Waals surface area contributed by atoms with Crippen molar-refractivity contribution in [2.75, 3.05) is 20.1 Å². The summed E-state index contributed by atoms with van der Waals surface area (Å²) in [6.07, 6.45) is 0. The molecule has 20 heavy (non-hydrogen) atoms. The highest BCUT2D eigenvalue weighted by Crippen LogP contribution is 2.06. The first-order valence-electron chi connectivity index (χ1n) is 6.34. The maximum atomic E-state index is 11.6. The van der Waals surface area contributed by atoms with E-state index in [1.54, 1.807) is 11.9 Å². The van der Waals surface area contributed by atoms with E-state index < -0.39 is 5.91 Å². The minimum Gasteiger partial charge on any atom is -0.359 e. The molecule has 0 unspecified atom stereocenters. The molecule has 0 aliphatic rings. The molecule has 0 saturated carbocycles. The van der Waals surface area contributed by atoms with Crippen molar-refractivity contribution in [3.63, 3.8) is 0 Å². The number of rotatable bonds is 7. The summed E-state index contributed by atoms with van der Waals surface area (Å²) in [4.78, 5) is 24.6. The van der Waals surface area contributed by atoms with E-state index >= 15 is 0 Å². The first-order valence-corrected chi connectivity index (χ1v) is 6.34. The molecule has 0 spiro atoms. The molecule has 1 aromatic rings. The third kappa shape index (κ3) is 5.37. The highest BCUT2D eigenvalue weighted by atomic mass is 16.5. The average molecular weight is 283 g/mol. The fraction of sp³-hybridized carbons (Fsp3) is 0.583. The van der Waals surface area contributed by atoms with Crippen molar-refractivity contribution < 1.29 is 14.1 Å². The van der Waals surface area contributed by atoms with Crippen molar-refractivity contribution in [3.8, 4) is 0 Å². The number of hydrazine groups is 1. The lowest BCUT2D eigenvalue weighted by atomic mass is 10.2. The number of likely N-dealkylation sites (N-methyl/N-ethyl adjacent to an activating group) is 1. The van der Waals surface area contributed by atoms with Crippen molar-refractivity contribution in [1.82, 2.24) is 20.8 Å². The highest BCUT2D eigenvalue weighted by molar-refractivity contribution is 5.91. The van der Waals surface area contributed by atoms with E-state index in [2.05, 4.69) is 10.5 Å². The minimum atomic E-state index is -0.516. The van der Waals surface area contributed by atoms with Crippen LogP contribution in [-0.2, 0) is 11.3 Å². The monoisotopic (exact) mass is 283 g/mol. The van der Waals surface area contributed by atoms with Crippen molar-refractivity contribution in [3.05, 3.63) is 17.5 Å². The highest BCUT2D eigenvalue weighted by Gasteiger charge is 2.14. The number of nitrogens with one attached hydrogen (secondary N) is 2. The van der Waals surface area contributed by atoms with Gasteiger partial charge >= 0.3 is 0 Å². The van der Waals surface area contributed by atoms with E-state index in [9.17, 15) is 9.59 Å². The summed E-state index contributed by atoms with van der Waals surface area (Å²) in [5, 5.41) is 6.41. The number of carbonyl (C=O) groups excluding carboxylic acids is 2. The normalized spacial score (nSPS) is 10.9.